The Bertz CT molecular complexity index is 436. The number of halogens is 1. The molecule has 2 N–H and O–H groups in total. The second kappa shape index (κ2) is 3.99. The zero-order chi connectivity index (χ0) is 12.8. The van der Waals surface area contributed by atoms with E-state index in [1.54, 1.807) is 4.68 Å². The van der Waals surface area contributed by atoms with Crippen LogP contribution in [0, 0.1) is 12.3 Å². The second-order valence-electron chi connectivity index (χ2n) is 6.36. The lowest BCUT2D eigenvalue weighted by atomic mass is 9.85. The first-order valence-electron chi connectivity index (χ1n) is 6.19. The highest BCUT2D eigenvalue weighted by Crippen LogP contribution is 2.44. The predicted octanol–water partition coefficient (Wildman–Crippen LogP) is 2.83. The first kappa shape index (κ1) is 12.9. The number of nitrogens with zero attached hydrogens (tertiary/aromatic N) is 2. The molecule has 3 nitrogen and oxygen atoms in total. The van der Waals surface area contributed by atoms with Crippen molar-refractivity contribution in [3.8, 4) is 0 Å². The Morgan fingerprint density at radius 3 is 2.47 bits per heavy atom. The number of aromatic nitrogens is 2. The van der Waals surface area contributed by atoms with Crippen LogP contribution >= 0.6 is 11.6 Å². The number of aryl methyl sites for hydroxylation is 2. The Balaban J connectivity index is 2.22. The molecule has 1 aliphatic rings. The van der Waals surface area contributed by atoms with Gasteiger partial charge in [0.05, 0.1) is 5.69 Å². The van der Waals surface area contributed by atoms with Crippen molar-refractivity contribution >= 4 is 11.6 Å². The van der Waals surface area contributed by atoms with Gasteiger partial charge in [-0.3, -0.25) is 4.68 Å². The Morgan fingerprint density at radius 1 is 1.41 bits per heavy atom. The minimum atomic E-state index is -0.110. The summed E-state index contributed by atoms with van der Waals surface area (Å²) in [7, 11) is 1.88. The van der Waals surface area contributed by atoms with E-state index in [1.807, 2.05) is 14.0 Å². The summed E-state index contributed by atoms with van der Waals surface area (Å²) in [6, 6.07) is 0. The SMILES string of the molecule is Cc1nn(C)c(Cl)c1CC1(N)CCC(C)(C)C1. The Hall–Kier alpha value is -0.540. The predicted molar refractivity (Wildman–Crippen MR) is 71.2 cm³/mol. The third kappa shape index (κ3) is 2.50. The van der Waals surface area contributed by atoms with Crippen LogP contribution in [0.3, 0.4) is 0 Å². The van der Waals surface area contributed by atoms with Gasteiger partial charge in [0.15, 0.2) is 0 Å². The summed E-state index contributed by atoms with van der Waals surface area (Å²) in [4.78, 5) is 0. The summed E-state index contributed by atoms with van der Waals surface area (Å²) in [5, 5.41) is 5.08. The van der Waals surface area contributed by atoms with Crippen molar-refractivity contribution < 1.29 is 0 Å². The summed E-state index contributed by atoms with van der Waals surface area (Å²) in [6.07, 6.45) is 4.17. The Morgan fingerprint density at radius 2 is 2.06 bits per heavy atom. The lowest BCUT2D eigenvalue weighted by molar-refractivity contribution is 0.334. The summed E-state index contributed by atoms with van der Waals surface area (Å²) in [5.41, 5.74) is 8.89. The highest BCUT2D eigenvalue weighted by Gasteiger charge is 2.41. The zero-order valence-electron chi connectivity index (χ0n) is 11.2. The van der Waals surface area contributed by atoms with Crippen molar-refractivity contribution in [3.05, 3.63) is 16.4 Å². The van der Waals surface area contributed by atoms with Crippen LogP contribution in [-0.2, 0) is 13.5 Å². The van der Waals surface area contributed by atoms with Crippen LogP contribution in [0.2, 0.25) is 5.15 Å². The van der Waals surface area contributed by atoms with Crippen LogP contribution in [0.15, 0.2) is 0 Å². The molecule has 4 heteroatoms. The molecule has 1 atom stereocenters. The molecule has 1 aromatic rings. The molecule has 1 aromatic heterocycles. The minimum Gasteiger partial charge on any atom is -0.325 e. The molecule has 1 fully saturated rings. The fourth-order valence-corrected chi connectivity index (χ4v) is 3.34. The minimum absolute atomic E-state index is 0.110. The maximum atomic E-state index is 6.52. The van der Waals surface area contributed by atoms with Crippen LogP contribution < -0.4 is 5.73 Å². The monoisotopic (exact) mass is 255 g/mol. The van der Waals surface area contributed by atoms with E-state index in [1.165, 1.54) is 6.42 Å². The summed E-state index contributed by atoms with van der Waals surface area (Å²) in [6.45, 7) is 6.59. The fraction of sp³-hybridized carbons (Fsp3) is 0.769. The first-order valence-corrected chi connectivity index (χ1v) is 6.57. The van der Waals surface area contributed by atoms with E-state index >= 15 is 0 Å². The topological polar surface area (TPSA) is 43.8 Å². The van der Waals surface area contributed by atoms with Crippen molar-refractivity contribution in [2.45, 2.75) is 52.0 Å². The van der Waals surface area contributed by atoms with E-state index in [0.717, 1.165) is 35.7 Å². The highest BCUT2D eigenvalue weighted by atomic mass is 35.5. The Kier molecular flexibility index (Phi) is 3.03. The number of hydrogen-bond acceptors (Lipinski definition) is 2. The molecule has 0 saturated heterocycles. The van der Waals surface area contributed by atoms with E-state index in [2.05, 4.69) is 18.9 Å². The van der Waals surface area contributed by atoms with Crippen LogP contribution in [0.5, 0.6) is 0 Å². The van der Waals surface area contributed by atoms with Gasteiger partial charge in [-0.2, -0.15) is 5.10 Å². The standard InChI is InChI=1S/C13H22ClN3/c1-9-10(11(14)17(4)16-9)7-13(15)6-5-12(2,3)8-13/h5-8,15H2,1-4H3. The smallest absolute Gasteiger partial charge is 0.130 e. The van der Waals surface area contributed by atoms with Crippen molar-refractivity contribution in [2.24, 2.45) is 18.2 Å². The van der Waals surface area contributed by atoms with Crippen molar-refractivity contribution in [1.82, 2.24) is 9.78 Å². The molecule has 0 radical (unpaired) electrons. The van der Waals surface area contributed by atoms with E-state index in [4.69, 9.17) is 17.3 Å². The van der Waals surface area contributed by atoms with Gasteiger partial charge in [0.1, 0.15) is 5.15 Å². The maximum Gasteiger partial charge on any atom is 0.130 e. The molecule has 0 amide bonds. The molecular weight excluding hydrogens is 234 g/mol. The molecule has 0 aromatic carbocycles. The van der Waals surface area contributed by atoms with Crippen LogP contribution in [0.4, 0.5) is 0 Å². The summed E-state index contributed by atoms with van der Waals surface area (Å²) >= 11 is 6.27. The molecule has 96 valence electrons. The molecule has 0 bridgehead atoms. The van der Waals surface area contributed by atoms with Gasteiger partial charge in [-0.05, 0) is 38.0 Å². The van der Waals surface area contributed by atoms with Gasteiger partial charge < -0.3 is 5.73 Å². The first-order chi connectivity index (χ1) is 7.72. The quantitative estimate of drug-likeness (QED) is 0.883. The van der Waals surface area contributed by atoms with E-state index in [9.17, 15) is 0 Å². The number of rotatable bonds is 2. The average molecular weight is 256 g/mol. The summed E-state index contributed by atoms with van der Waals surface area (Å²) in [5.74, 6) is 0. The van der Waals surface area contributed by atoms with Crippen LogP contribution in [0.25, 0.3) is 0 Å². The zero-order valence-corrected chi connectivity index (χ0v) is 11.9. The lowest BCUT2D eigenvalue weighted by Gasteiger charge is -2.26. The van der Waals surface area contributed by atoms with Crippen molar-refractivity contribution in [3.63, 3.8) is 0 Å². The normalized spacial score (nSPS) is 27.6. The van der Waals surface area contributed by atoms with E-state index in [-0.39, 0.29) is 5.54 Å². The third-order valence-electron chi connectivity index (χ3n) is 3.93. The van der Waals surface area contributed by atoms with Crippen LogP contribution in [0.1, 0.15) is 44.4 Å². The highest BCUT2D eigenvalue weighted by molar-refractivity contribution is 6.30. The van der Waals surface area contributed by atoms with Gasteiger partial charge >= 0.3 is 0 Å². The van der Waals surface area contributed by atoms with E-state index in [0.29, 0.717) is 5.41 Å². The van der Waals surface area contributed by atoms with Crippen LogP contribution in [-0.4, -0.2) is 15.3 Å². The van der Waals surface area contributed by atoms with Crippen molar-refractivity contribution in [1.29, 1.82) is 0 Å². The molecule has 1 heterocycles. The lowest BCUT2D eigenvalue weighted by Crippen LogP contribution is -2.40. The molecule has 1 saturated carbocycles. The van der Waals surface area contributed by atoms with Gasteiger partial charge in [0, 0.05) is 18.2 Å². The largest absolute Gasteiger partial charge is 0.325 e. The number of hydrogen-bond donors (Lipinski definition) is 1. The molecular formula is C13H22ClN3. The van der Waals surface area contributed by atoms with E-state index < -0.39 is 0 Å². The van der Waals surface area contributed by atoms with Gasteiger partial charge in [-0.15, -0.1) is 0 Å². The molecule has 0 spiro atoms. The second-order valence-corrected chi connectivity index (χ2v) is 6.72. The van der Waals surface area contributed by atoms with Gasteiger partial charge in [-0.25, -0.2) is 0 Å². The molecule has 17 heavy (non-hydrogen) atoms. The van der Waals surface area contributed by atoms with Gasteiger partial charge in [0.2, 0.25) is 0 Å². The number of nitrogens with two attached hydrogens (primary N) is 1. The van der Waals surface area contributed by atoms with Gasteiger partial charge in [0.25, 0.3) is 0 Å². The molecule has 1 aliphatic carbocycles. The Labute approximate surface area is 108 Å². The summed E-state index contributed by atoms with van der Waals surface area (Å²) < 4.78 is 1.73. The maximum absolute atomic E-state index is 6.52. The fourth-order valence-electron chi connectivity index (χ4n) is 3.09. The third-order valence-corrected chi connectivity index (χ3v) is 4.40. The van der Waals surface area contributed by atoms with Gasteiger partial charge in [-0.1, -0.05) is 25.4 Å². The average Bonchev–Trinajstić information content (AvgIpc) is 2.59. The molecule has 2 rings (SSSR count). The van der Waals surface area contributed by atoms with Crippen molar-refractivity contribution in [2.75, 3.05) is 0 Å². The molecule has 1 unspecified atom stereocenters. The molecule has 0 aliphatic heterocycles.